The van der Waals surface area contributed by atoms with E-state index in [0.29, 0.717) is 23.6 Å². The van der Waals surface area contributed by atoms with Crippen molar-refractivity contribution in [2.24, 2.45) is 0 Å². The molecule has 3 aromatic rings. The van der Waals surface area contributed by atoms with E-state index >= 15 is 0 Å². The van der Waals surface area contributed by atoms with E-state index in [1.165, 1.54) is 6.07 Å². The lowest BCUT2D eigenvalue weighted by atomic mass is 9.85. The van der Waals surface area contributed by atoms with E-state index in [2.05, 4.69) is 12.1 Å². The Morgan fingerprint density at radius 1 is 1.23 bits per heavy atom. The first-order chi connectivity index (χ1) is 14.3. The molecule has 0 saturated carbocycles. The standard InChI is InChI=1S/C23H20ClNO5/c1-25-8-7-16(20(29)12-25)21-18(27)11-19(28)22-17(26)10-15(30-23(21)22)6-5-13-3-2-4-14(24)9-13/h3,5-6,9-11,16,20,27-29H,7-8,12H2,1H3/b6-5+. The van der Waals surface area contributed by atoms with Gasteiger partial charge in [-0.3, -0.25) is 4.79 Å². The van der Waals surface area contributed by atoms with E-state index < -0.39 is 17.5 Å². The molecule has 0 aliphatic carbocycles. The van der Waals surface area contributed by atoms with Crippen LogP contribution in [0.1, 0.15) is 29.2 Å². The number of aliphatic hydroxyl groups is 1. The van der Waals surface area contributed by atoms with Gasteiger partial charge in [0.2, 0.25) is 0 Å². The molecule has 6 nitrogen and oxygen atoms in total. The highest BCUT2D eigenvalue weighted by Crippen LogP contribution is 2.41. The van der Waals surface area contributed by atoms with Crippen LogP contribution in [0, 0.1) is 12.1 Å². The number of β-amino-alcohol motifs (C(OH)–C–C–N with tert-alkyl or cyclic N) is 1. The van der Waals surface area contributed by atoms with E-state index in [1.807, 2.05) is 11.9 Å². The predicted octanol–water partition coefficient (Wildman–Crippen LogP) is 3.41. The summed E-state index contributed by atoms with van der Waals surface area (Å²) in [7, 11) is 1.91. The summed E-state index contributed by atoms with van der Waals surface area (Å²) in [5.41, 5.74) is 0.718. The molecule has 0 bridgehead atoms. The number of rotatable bonds is 3. The molecule has 2 heterocycles. The van der Waals surface area contributed by atoms with Crippen molar-refractivity contribution in [3.63, 3.8) is 0 Å². The Kier molecular flexibility index (Phi) is 5.44. The molecule has 1 saturated heterocycles. The second-order valence-corrected chi connectivity index (χ2v) is 7.92. The number of phenolic OH excluding ortho intramolecular Hbond substituents is 2. The number of aromatic hydroxyl groups is 2. The van der Waals surface area contributed by atoms with Crippen molar-refractivity contribution in [2.75, 3.05) is 20.1 Å². The summed E-state index contributed by atoms with van der Waals surface area (Å²) >= 11 is 5.92. The number of fused-ring (bicyclic) bond motifs is 1. The molecule has 2 aromatic carbocycles. The Balaban J connectivity index is 1.85. The molecule has 1 aliphatic rings. The summed E-state index contributed by atoms with van der Waals surface area (Å²) < 4.78 is 5.93. The lowest BCUT2D eigenvalue weighted by molar-refractivity contribution is 0.0630. The Morgan fingerprint density at radius 3 is 2.77 bits per heavy atom. The number of piperidine rings is 1. The fraction of sp³-hybridized carbons (Fsp3) is 0.261. The van der Waals surface area contributed by atoms with Gasteiger partial charge >= 0.3 is 0 Å². The van der Waals surface area contributed by atoms with Gasteiger partial charge in [0.15, 0.2) is 5.43 Å². The molecular weight excluding hydrogens is 406 g/mol. The molecular formula is C23H20ClNO5. The lowest BCUT2D eigenvalue weighted by Crippen LogP contribution is -2.40. The maximum Gasteiger partial charge on any atom is 0.197 e. The zero-order valence-electron chi connectivity index (χ0n) is 16.2. The first-order valence-corrected chi connectivity index (χ1v) is 9.87. The van der Waals surface area contributed by atoms with Crippen LogP contribution >= 0.6 is 11.6 Å². The quantitative estimate of drug-likeness (QED) is 0.595. The van der Waals surface area contributed by atoms with Gasteiger partial charge in [-0.25, -0.2) is 0 Å². The van der Waals surface area contributed by atoms with Crippen molar-refractivity contribution in [1.29, 1.82) is 0 Å². The van der Waals surface area contributed by atoms with Crippen LogP contribution in [0.5, 0.6) is 11.5 Å². The van der Waals surface area contributed by atoms with Gasteiger partial charge in [-0.15, -0.1) is 0 Å². The van der Waals surface area contributed by atoms with Crippen LogP contribution < -0.4 is 5.43 Å². The van der Waals surface area contributed by atoms with E-state index in [4.69, 9.17) is 16.0 Å². The molecule has 30 heavy (non-hydrogen) atoms. The van der Waals surface area contributed by atoms with Crippen molar-refractivity contribution in [1.82, 2.24) is 4.90 Å². The Bertz CT molecular complexity index is 1190. The Labute approximate surface area is 178 Å². The van der Waals surface area contributed by atoms with Crippen LogP contribution in [-0.4, -0.2) is 46.5 Å². The second-order valence-electron chi connectivity index (χ2n) is 7.51. The van der Waals surface area contributed by atoms with Crippen molar-refractivity contribution >= 4 is 34.7 Å². The summed E-state index contributed by atoms with van der Waals surface area (Å²) in [6, 6.07) is 11.3. The first-order valence-electron chi connectivity index (χ1n) is 9.50. The molecule has 0 radical (unpaired) electrons. The van der Waals surface area contributed by atoms with Crippen molar-refractivity contribution in [3.05, 3.63) is 68.5 Å². The monoisotopic (exact) mass is 425 g/mol. The summed E-state index contributed by atoms with van der Waals surface area (Å²) in [6.45, 7) is 1.15. The minimum absolute atomic E-state index is 0.0169. The highest BCUT2D eigenvalue weighted by Gasteiger charge is 2.32. The number of nitrogens with zero attached hydrogens (tertiary/aromatic N) is 1. The van der Waals surface area contributed by atoms with Gasteiger partial charge in [-0.1, -0.05) is 23.7 Å². The van der Waals surface area contributed by atoms with Crippen LogP contribution in [0.3, 0.4) is 0 Å². The van der Waals surface area contributed by atoms with Crippen molar-refractivity contribution in [3.8, 4) is 11.5 Å². The third-order valence-corrected chi connectivity index (χ3v) is 5.54. The largest absolute Gasteiger partial charge is 0.507 e. The minimum Gasteiger partial charge on any atom is -0.507 e. The summed E-state index contributed by atoms with van der Waals surface area (Å²) in [6.07, 6.45) is 3.12. The number of hydrogen-bond donors (Lipinski definition) is 3. The molecule has 7 heteroatoms. The highest BCUT2D eigenvalue weighted by molar-refractivity contribution is 6.30. The van der Waals surface area contributed by atoms with Crippen LogP contribution in [0.4, 0.5) is 0 Å². The number of halogens is 1. The summed E-state index contributed by atoms with van der Waals surface area (Å²) in [5, 5.41) is 31.8. The molecule has 2 unspecified atom stereocenters. The molecule has 1 aromatic heterocycles. The lowest BCUT2D eigenvalue weighted by Gasteiger charge is -2.34. The van der Waals surface area contributed by atoms with Crippen molar-refractivity contribution < 1.29 is 19.7 Å². The number of benzene rings is 1. The van der Waals surface area contributed by atoms with Gasteiger partial charge < -0.3 is 24.6 Å². The molecule has 0 spiro atoms. The fourth-order valence-electron chi connectivity index (χ4n) is 3.89. The number of aliphatic hydroxyl groups excluding tert-OH is 1. The van der Waals surface area contributed by atoms with E-state index in [1.54, 1.807) is 24.3 Å². The SMILES string of the molecule is CN1CCC(c2c(O)cc(O)c3c(=O)cc(/C=C/c4cc#cc(Cl)c4)oc23)C(O)C1. The summed E-state index contributed by atoms with van der Waals surface area (Å²) in [5.74, 6) is -0.759. The van der Waals surface area contributed by atoms with Gasteiger partial charge in [0.1, 0.15) is 28.2 Å². The predicted molar refractivity (Wildman–Crippen MR) is 115 cm³/mol. The normalized spacial score (nSPS) is 20.0. The molecule has 1 fully saturated rings. The number of likely N-dealkylation sites (N-methyl/N-ethyl adjacent to an activating group) is 1. The molecule has 1 aliphatic heterocycles. The highest BCUT2D eigenvalue weighted by atomic mass is 35.5. The topological polar surface area (TPSA) is 94.1 Å². The van der Waals surface area contributed by atoms with Crippen LogP contribution in [0.2, 0.25) is 5.02 Å². The van der Waals surface area contributed by atoms with Crippen LogP contribution in [0.15, 0.2) is 33.5 Å². The maximum atomic E-state index is 12.7. The third-order valence-electron chi connectivity index (χ3n) is 5.34. The van der Waals surface area contributed by atoms with E-state index in [-0.39, 0.29) is 28.2 Å². The van der Waals surface area contributed by atoms with Gasteiger partial charge in [0.25, 0.3) is 0 Å². The first kappa shape index (κ1) is 20.3. The Morgan fingerprint density at radius 2 is 2.03 bits per heavy atom. The molecule has 0 amide bonds. The van der Waals surface area contributed by atoms with Crippen LogP contribution in [-0.2, 0) is 0 Å². The zero-order valence-corrected chi connectivity index (χ0v) is 17.0. The summed E-state index contributed by atoms with van der Waals surface area (Å²) in [4.78, 5) is 14.7. The molecule has 2 atom stereocenters. The third kappa shape index (κ3) is 3.88. The van der Waals surface area contributed by atoms with Gasteiger partial charge in [-0.05, 0) is 49.9 Å². The van der Waals surface area contributed by atoms with Gasteiger partial charge in [0, 0.05) is 30.2 Å². The van der Waals surface area contributed by atoms with Crippen LogP contribution in [0.25, 0.3) is 23.1 Å². The van der Waals surface area contributed by atoms with Gasteiger partial charge in [0.05, 0.1) is 11.1 Å². The maximum absolute atomic E-state index is 12.7. The zero-order chi connectivity index (χ0) is 21.4. The smallest absolute Gasteiger partial charge is 0.197 e. The number of phenols is 2. The molecule has 3 N–H and O–H groups in total. The van der Waals surface area contributed by atoms with E-state index in [9.17, 15) is 20.1 Å². The molecule has 4 rings (SSSR count). The Hall–Kier alpha value is -2.98. The van der Waals surface area contributed by atoms with Gasteiger partial charge in [-0.2, -0.15) is 0 Å². The molecule has 154 valence electrons. The average molecular weight is 426 g/mol. The average Bonchev–Trinajstić information content (AvgIpc) is 2.67. The minimum atomic E-state index is -0.745. The number of likely N-dealkylation sites (tertiary alicyclic amines) is 1. The fourth-order valence-corrected chi connectivity index (χ4v) is 4.07. The van der Waals surface area contributed by atoms with Crippen molar-refractivity contribution in [2.45, 2.75) is 18.4 Å². The van der Waals surface area contributed by atoms with E-state index in [0.717, 1.165) is 18.2 Å². The number of hydrogen-bond acceptors (Lipinski definition) is 6. The second kappa shape index (κ2) is 8.04.